The van der Waals surface area contributed by atoms with Gasteiger partial charge in [-0.2, -0.15) is 0 Å². The fourth-order valence-corrected chi connectivity index (χ4v) is 3.82. The molecule has 1 heterocycles. The molecule has 0 aliphatic heterocycles. The number of urea groups is 1. The van der Waals surface area contributed by atoms with Crippen molar-refractivity contribution in [2.75, 3.05) is 23.9 Å². The van der Waals surface area contributed by atoms with Gasteiger partial charge in [-0.15, -0.1) is 0 Å². The van der Waals surface area contributed by atoms with Gasteiger partial charge in [0.25, 0.3) is 0 Å². The maximum absolute atomic E-state index is 12.9. The lowest BCUT2D eigenvalue weighted by Gasteiger charge is -2.19. The van der Waals surface area contributed by atoms with Crippen LogP contribution in [0.5, 0.6) is 0 Å². The number of nitrogens with one attached hydrogen (secondary N) is 1. The summed E-state index contributed by atoms with van der Waals surface area (Å²) in [5, 5.41) is 14.4. The number of aliphatic carboxylic acids is 1. The normalized spacial score (nSPS) is 11.7. The number of fused-ring (bicyclic) bond motifs is 1. The van der Waals surface area contributed by atoms with Gasteiger partial charge in [0.15, 0.2) is 6.10 Å². The van der Waals surface area contributed by atoms with Crippen molar-refractivity contribution in [3.8, 4) is 11.3 Å². The zero-order valence-electron chi connectivity index (χ0n) is 19.6. The molecule has 4 rings (SSSR count). The van der Waals surface area contributed by atoms with E-state index in [4.69, 9.17) is 4.74 Å². The van der Waals surface area contributed by atoms with Crippen LogP contribution in [-0.4, -0.2) is 41.8 Å². The second-order valence-electron chi connectivity index (χ2n) is 8.13. The molecule has 0 aliphatic carbocycles. The zero-order valence-corrected chi connectivity index (χ0v) is 19.6. The molecule has 0 aliphatic rings. The summed E-state index contributed by atoms with van der Waals surface area (Å²) in [5.74, 6) is -0.977. The smallest absolute Gasteiger partial charge is 0.333 e. The minimum absolute atomic E-state index is 0.261. The summed E-state index contributed by atoms with van der Waals surface area (Å²) >= 11 is 0. The van der Waals surface area contributed by atoms with E-state index in [-0.39, 0.29) is 12.5 Å². The molecule has 0 radical (unpaired) electrons. The number of hydrogen-bond donors (Lipinski definition) is 2. The number of aromatic nitrogens is 1. The van der Waals surface area contributed by atoms with E-state index in [1.54, 1.807) is 26.2 Å². The number of carbonyl (C=O) groups is 2. The number of pyridine rings is 1. The van der Waals surface area contributed by atoms with Crippen molar-refractivity contribution in [2.45, 2.75) is 19.4 Å². The van der Waals surface area contributed by atoms with Crippen LogP contribution in [0, 0.1) is 0 Å². The first-order chi connectivity index (χ1) is 16.9. The molecule has 0 saturated carbocycles. The quantitative estimate of drug-likeness (QED) is 0.350. The molecule has 1 aromatic heterocycles. The first-order valence-corrected chi connectivity index (χ1v) is 11.4. The fourth-order valence-electron chi connectivity index (χ4n) is 3.82. The summed E-state index contributed by atoms with van der Waals surface area (Å²) in [7, 11) is 1.71. The lowest BCUT2D eigenvalue weighted by Crippen LogP contribution is -2.31. The van der Waals surface area contributed by atoms with E-state index in [0.29, 0.717) is 18.0 Å². The van der Waals surface area contributed by atoms with E-state index in [1.807, 2.05) is 72.8 Å². The van der Waals surface area contributed by atoms with E-state index in [1.165, 1.54) is 4.90 Å². The summed E-state index contributed by atoms with van der Waals surface area (Å²) < 4.78 is 5.30. The monoisotopic (exact) mass is 469 g/mol. The fraction of sp³-hybridized carbons (Fsp3) is 0.179. The number of nitrogens with zero attached hydrogens (tertiary/aromatic N) is 2. The van der Waals surface area contributed by atoms with Crippen LogP contribution in [-0.2, 0) is 16.0 Å². The average Bonchev–Trinajstić information content (AvgIpc) is 2.88. The van der Waals surface area contributed by atoms with E-state index in [2.05, 4.69) is 10.3 Å². The summed E-state index contributed by atoms with van der Waals surface area (Å²) in [4.78, 5) is 30.2. The first kappa shape index (κ1) is 23.9. The van der Waals surface area contributed by atoms with Crippen LogP contribution >= 0.6 is 0 Å². The number of ether oxygens (including phenoxy) is 1. The summed E-state index contributed by atoms with van der Waals surface area (Å²) in [6, 6.07) is 24.7. The number of hydrogen-bond acceptors (Lipinski definition) is 4. The minimum Gasteiger partial charge on any atom is -0.479 e. The molecule has 35 heavy (non-hydrogen) atoms. The van der Waals surface area contributed by atoms with Gasteiger partial charge in [-0.25, -0.2) is 9.59 Å². The second kappa shape index (κ2) is 10.8. The summed E-state index contributed by atoms with van der Waals surface area (Å²) in [6.45, 7) is 2.12. The standard InChI is InChI=1S/C28H27N3O4/c1-3-35-26(27(32)33)16-19-8-10-21(11-9-19)25-18-24(14-15-29-25)31(2)28(34)30-23-13-12-20-6-4-5-7-22(20)17-23/h4-15,17-18,26H,3,16H2,1-2H3,(H,30,34)(H,32,33)/t26-/m0/s1. The predicted octanol–water partition coefficient (Wildman–Crippen LogP) is 5.60. The van der Waals surface area contributed by atoms with Crippen LogP contribution in [0.2, 0.25) is 0 Å². The van der Waals surface area contributed by atoms with Crippen LogP contribution in [0.4, 0.5) is 16.2 Å². The van der Waals surface area contributed by atoms with Crippen molar-refractivity contribution in [1.29, 1.82) is 0 Å². The number of carboxylic acids is 1. The number of amides is 2. The minimum atomic E-state index is -0.977. The molecule has 3 aromatic carbocycles. The van der Waals surface area contributed by atoms with E-state index in [9.17, 15) is 14.7 Å². The van der Waals surface area contributed by atoms with E-state index in [0.717, 1.165) is 27.6 Å². The molecule has 0 fully saturated rings. The third-order valence-electron chi connectivity index (χ3n) is 5.75. The molecule has 2 amide bonds. The topological polar surface area (TPSA) is 91.8 Å². The van der Waals surface area contributed by atoms with Gasteiger partial charge in [0.2, 0.25) is 0 Å². The van der Waals surface area contributed by atoms with Crippen molar-refractivity contribution in [3.05, 3.63) is 90.6 Å². The number of anilines is 2. The predicted molar refractivity (Wildman–Crippen MR) is 138 cm³/mol. The Balaban J connectivity index is 1.46. The van der Waals surface area contributed by atoms with Crippen molar-refractivity contribution < 1.29 is 19.4 Å². The van der Waals surface area contributed by atoms with Gasteiger partial charge >= 0.3 is 12.0 Å². The van der Waals surface area contributed by atoms with Gasteiger partial charge in [-0.1, -0.05) is 54.6 Å². The molecule has 178 valence electrons. The highest BCUT2D eigenvalue weighted by molar-refractivity contribution is 6.02. The van der Waals surface area contributed by atoms with Gasteiger partial charge in [-0.3, -0.25) is 9.88 Å². The highest BCUT2D eigenvalue weighted by Gasteiger charge is 2.18. The van der Waals surface area contributed by atoms with Crippen molar-refractivity contribution in [3.63, 3.8) is 0 Å². The van der Waals surface area contributed by atoms with Gasteiger partial charge in [0, 0.05) is 43.2 Å². The number of carbonyl (C=O) groups excluding carboxylic acids is 1. The van der Waals surface area contributed by atoms with Gasteiger partial charge < -0.3 is 15.2 Å². The molecule has 7 heteroatoms. The SMILES string of the molecule is CCO[C@@H](Cc1ccc(-c2cc(N(C)C(=O)Nc3ccc4ccccc4c3)ccn2)cc1)C(=O)O. The molecule has 4 aromatic rings. The van der Waals surface area contributed by atoms with Crippen LogP contribution in [0.3, 0.4) is 0 Å². The Bertz CT molecular complexity index is 1340. The van der Waals surface area contributed by atoms with E-state index < -0.39 is 12.1 Å². The maximum atomic E-state index is 12.9. The lowest BCUT2D eigenvalue weighted by molar-refractivity contribution is -0.149. The summed E-state index contributed by atoms with van der Waals surface area (Å²) in [5.41, 5.74) is 3.84. The largest absolute Gasteiger partial charge is 0.479 e. The Morgan fingerprint density at radius 2 is 1.74 bits per heavy atom. The highest BCUT2D eigenvalue weighted by atomic mass is 16.5. The number of benzene rings is 3. The van der Waals surface area contributed by atoms with Crippen molar-refractivity contribution in [1.82, 2.24) is 4.98 Å². The Labute approximate surface area is 204 Å². The third-order valence-corrected chi connectivity index (χ3v) is 5.75. The Morgan fingerprint density at radius 1 is 1.00 bits per heavy atom. The molecule has 7 nitrogen and oxygen atoms in total. The lowest BCUT2D eigenvalue weighted by atomic mass is 10.0. The molecule has 2 N–H and O–H groups in total. The zero-order chi connectivity index (χ0) is 24.8. The second-order valence-corrected chi connectivity index (χ2v) is 8.13. The molecular formula is C28H27N3O4. The van der Waals surface area contributed by atoms with Crippen molar-refractivity contribution >= 4 is 34.1 Å². The molecule has 0 bridgehead atoms. The van der Waals surface area contributed by atoms with Crippen LogP contribution in [0.25, 0.3) is 22.0 Å². The Hall–Kier alpha value is -4.23. The number of rotatable bonds is 8. The van der Waals surface area contributed by atoms with Crippen LogP contribution < -0.4 is 10.2 Å². The highest BCUT2D eigenvalue weighted by Crippen LogP contribution is 2.24. The van der Waals surface area contributed by atoms with Gasteiger partial charge in [0.05, 0.1) is 5.69 Å². The van der Waals surface area contributed by atoms with Crippen LogP contribution in [0.1, 0.15) is 12.5 Å². The molecule has 1 atom stereocenters. The van der Waals surface area contributed by atoms with Crippen molar-refractivity contribution in [2.24, 2.45) is 0 Å². The molecule has 0 unspecified atom stereocenters. The Kier molecular flexibility index (Phi) is 7.38. The van der Waals surface area contributed by atoms with E-state index >= 15 is 0 Å². The molecule has 0 saturated heterocycles. The van der Waals surface area contributed by atoms with Gasteiger partial charge in [-0.05, 0) is 47.5 Å². The molecular weight excluding hydrogens is 442 g/mol. The Morgan fingerprint density at radius 3 is 2.46 bits per heavy atom. The molecule has 0 spiro atoms. The van der Waals surface area contributed by atoms with Crippen LogP contribution in [0.15, 0.2) is 85.1 Å². The first-order valence-electron chi connectivity index (χ1n) is 11.4. The van der Waals surface area contributed by atoms with Gasteiger partial charge in [0.1, 0.15) is 0 Å². The number of carboxylic acid groups (broad SMARTS) is 1. The summed E-state index contributed by atoms with van der Waals surface area (Å²) in [6.07, 6.45) is 1.07. The third kappa shape index (κ3) is 5.83. The average molecular weight is 470 g/mol. The maximum Gasteiger partial charge on any atom is 0.333 e.